The number of nitrogens with zero attached hydrogens (tertiary/aromatic N) is 9. The number of benzene rings is 6. The van der Waals surface area contributed by atoms with Gasteiger partial charge in [-0.05, 0) is 54.6 Å². The third kappa shape index (κ3) is 6.14. The Kier molecular flexibility index (Phi) is 9.51. The van der Waals surface area contributed by atoms with Crippen LogP contribution in [0.25, 0.3) is 14.5 Å². The SMILES string of the molecule is [C-]#[N+]c1cccc(P2(c3cccc(C#N)c3)=NP(c3cccc([N+]#[C-])c3)(c3cccc([N+]#[C-])c3)=NP(c3cccc(C#N)c3)(c3cccc(C#N)c3)=N2)c1. The maximum absolute atomic E-state index is 10.2. The summed E-state index contributed by atoms with van der Waals surface area (Å²) in [6.07, 6.45) is 0. The van der Waals surface area contributed by atoms with Crippen LogP contribution in [0.2, 0.25) is 0 Å². The van der Waals surface area contributed by atoms with Gasteiger partial charge in [0.25, 0.3) is 0 Å². The van der Waals surface area contributed by atoms with E-state index in [9.17, 15) is 15.8 Å². The predicted octanol–water partition coefficient (Wildman–Crippen LogP) is 9.57. The first-order chi connectivity index (χ1) is 26.3. The van der Waals surface area contributed by atoms with E-state index >= 15 is 0 Å². The van der Waals surface area contributed by atoms with Gasteiger partial charge in [-0.3, -0.25) is 0 Å². The van der Waals surface area contributed by atoms with E-state index in [1.165, 1.54) is 0 Å². The summed E-state index contributed by atoms with van der Waals surface area (Å²) < 4.78 is 17.8. The van der Waals surface area contributed by atoms with Gasteiger partial charge in [-0.1, -0.05) is 91.0 Å². The first-order valence-corrected chi connectivity index (χ1v) is 21.3. The van der Waals surface area contributed by atoms with Crippen molar-refractivity contribution in [1.82, 2.24) is 0 Å². The second kappa shape index (κ2) is 14.5. The van der Waals surface area contributed by atoms with Crippen molar-refractivity contribution in [2.45, 2.75) is 0 Å². The van der Waals surface area contributed by atoms with E-state index in [-0.39, 0.29) is 0 Å². The van der Waals surface area contributed by atoms with Crippen LogP contribution in [0, 0.1) is 53.7 Å². The summed E-state index contributed by atoms with van der Waals surface area (Å²) >= 11 is 0. The minimum absolute atomic E-state index is 0.368. The zero-order valence-corrected chi connectivity index (χ0v) is 30.9. The second-order valence-corrected chi connectivity index (χ2v) is 20.8. The average molecular weight is 748 g/mol. The highest BCUT2D eigenvalue weighted by molar-refractivity contribution is 8.00. The molecule has 0 amide bonds. The van der Waals surface area contributed by atoms with E-state index in [0.29, 0.717) is 65.6 Å². The molecule has 0 aliphatic carbocycles. The molecular weight excluding hydrogens is 723 g/mol. The Hall–Kier alpha value is -7.05. The molecule has 1 unspecified atom stereocenters. The Bertz CT molecular complexity index is 2450. The molecular formula is C42H24N9P3. The quantitative estimate of drug-likeness (QED) is 0.125. The van der Waals surface area contributed by atoms with Gasteiger partial charge >= 0.3 is 0 Å². The standard InChI is InChI=1S/C42H24N9P3/c1-46-34-13-7-19-40(25-34)53(39-18-6-12-33(24-39)30-45)49-52(37-16-4-10-31(22-37)28-43,38-17-5-11-32(23-38)29-44)50-54(51-53,41-20-8-14-35(26-41)47-2)42-21-9-15-36(27-42)48-3/h4-27H. The first kappa shape index (κ1) is 35.4. The lowest BCUT2D eigenvalue weighted by atomic mass is 10.2. The minimum Gasteiger partial charge on any atom is -0.238 e. The van der Waals surface area contributed by atoms with E-state index in [0.717, 1.165) is 0 Å². The van der Waals surface area contributed by atoms with Gasteiger partial charge in [0.1, 0.15) is 21.6 Å². The van der Waals surface area contributed by atoms with Gasteiger partial charge < -0.3 is 0 Å². The van der Waals surface area contributed by atoms with Crippen molar-refractivity contribution in [1.29, 1.82) is 15.8 Å². The van der Waals surface area contributed by atoms with E-state index in [4.69, 9.17) is 33.3 Å². The summed E-state index contributed by atoms with van der Waals surface area (Å²) in [5, 5.41) is 34.4. The fourth-order valence-corrected chi connectivity index (χ4v) is 21.7. The zero-order chi connectivity index (χ0) is 37.8. The van der Waals surface area contributed by atoms with E-state index < -0.39 is 21.6 Å². The zero-order valence-electron chi connectivity index (χ0n) is 28.2. The Balaban J connectivity index is 1.88. The highest BCUT2D eigenvalue weighted by Gasteiger charge is 2.43. The molecule has 0 fully saturated rings. The summed E-state index contributed by atoms with van der Waals surface area (Å²) in [6.45, 7) is 23.9. The van der Waals surface area contributed by atoms with Crippen molar-refractivity contribution in [2.24, 2.45) is 13.5 Å². The molecule has 1 atom stereocenters. The van der Waals surface area contributed by atoms with Gasteiger partial charge in [-0.2, -0.15) is 15.8 Å². The van der Waals surface area contributed by atoms with E-state index in [1.807, 2.05) is 36.4 Å². The molecule has 7 rings (SSSR count). The van der Waals surface area contributed by atoms with Crippen molar-refractivity contribution in [3.63, 3.8) is 0 Å². The molecule has 1 aliphatic rings. The molecule has 0 saturated carbocycles. The monoisotopic (exact) mass is 747 g/mol. The van der Waals surface area contributed by atoms with Crippen LogP contribution in [0.15, 0.2) is 159 Å². The lowest BCUT2D eigenvalue weighted by Crippen LogP contribution is -2.25. The summed E-state index contributed by atoms with van der Waals surface area (Å²) in [4.78, 5) is 11.3. The van der Waals surface area contributed by atoms with Gasteiger partial charge in [0.05, 0.1) is 54.6 Å². The summed E-state index contributed by atoms with van der Waals surface area (Å²) in [7, 11) is -10.6. The number of hydrogen-bond donors (Lipinski definition) is 0. The third-order valence-electron chi connectivity index (χ3n) is 8.74. The van der Waals surface area contributed by atoms with Crippen LogP contribution in [-0.2, 0) is 0 Å². The Morgan fingerprint density at radius 1 is 0.370 bits per heavy atom. The van der Waals surface area contributed by atoms with Gasteiger partial charge in [0.15, 0.2) is 17.1 Å². The maximum Gasteiger partial charge on any atom is 0.188 e. The molecule has 0 spiro atoms. The Morgan fingerprint density at radius 3 is 0.852 bits per heavy atom. The van der Waals surface area contributed by atoms with Crippen LogP contribution >= 0.6 is 21.6 Å². The minimum atomic E-state index is -3.54. The third-order valence-corrected chi connectivity index (χ3v) is 20.9. The van der Waals surface area contributed by atoms with Crippen molar-refractivity contribution in [3.05, 3.63) is 197 Å². The van der Waals surface area contributed by atoms with Gasteiger partial charge in [0.2, 0.25) is 0 Å². The van der Waals surface area contributed by atoms with Crippen LogP contribution in [0.1, 0.15) is 16.7 Å². The molecule has 6 aromatic rings. The molecule has 12 heteroatoms. The smallest absolute Gasteiger partial charge is 0.188 e. The second-order valence-electron chi connectivity index (χ2n) is 12.0. The number of hydrogen-bond acceptors (Lipinski definition) is 6. The van der Waals surface area contributed by atoms with Crippen molar-refractivity contribution >= 4 is 70.5 Å². The fourth-order valence-electron chi connectivity index (χ4n) is 6.26. The van der Waals surface area contributed by atoms with Crippen LogP contribution in [0.4, 0.5) is 17.1 Å². The molecule has 0 N–H and O–H groups in total. The Morgan fingerprint density at radius 2 is 0.611 bits per heavy atom. The number of nitriles is 3. The lowest BCUT2D eigenvalue weighted by molar-refractivity contribution is 1.49. The summed E-state index contributed by atoms with van der Waals surface area (Å²) in [5.41, 5.74) is 2.26. The van der Waals surface area contributed by atoms with Gasteiger partial charge in [-0.25, -0.2) is 28.1 Å². The first-order valence-electron chi connectivity index (χ1n) is 16.2. The molecule has 0 aromatic heterocycles. The molecule has 1 aliphatic heterocycles. The highest BCUT2D eigenvalue weighted by atomic mass is 31.3. The van der Waals surface area contributed by atoms with Crippen molar-refractivity contribution in [3.8, 4) is 18.2 Å². The van der Waals surface area contributed by atoms with E-state index in [1.54, 1.807) is 109 Å². The molecule has 6 aromatic carbocycles. The van der Waals surface area contributed by atoms with Gasteiger partial charge in [-0.15, -0.1) is 0 Å². The molecule has 252 valence electrons. The highest BCUT2D eigenvalue weighted by Crippen LogP contribution is 2.76. The Labute approximate surface area is 313 Å². The fraction of sp³-hybridized carbons (Fsp3) is 0. The average Bonchev–Trinajstić information content (AvgIpc) is 3.26. The molecule has 54 heavy (non-hydrogen) atoms. The molecule has 0 bridgehead atoms. The largest absolute Gasteiger partial charge is 0.238 e. The maximum atomic E-state index is 10.2. The molecule has 9 nitrogen and oxygen atoms in total. The topological polar surface area (TPSA) is 122 Å². The van der Waals surface area contributed by atoms with Crippen LogP contribution in [0.5, 0.6) is 0 Å². The summed E-state index contributed by atoms with van der Waals surface area (Å²) in [5.74, 6) is 0. The summed E-state index contributed by atoms with van der Waals surface area (Å²) in [6, 6.07) is 49.9. The molecule has 0 saturated heterocycles. The lowest BCUT2D eigenvalue weighted by Gasteiger charge is -2.38. The molecule has 0 radical (unpaired) electrons. The predicted molar refractivity (Wildman–Crippen MR) is 217 cm³/mol. The van der Waals surface area contributed by atoms with Crippen LogP contribution in [0.3, 0.4) is 0 Å². The van der Waals surface area contributed by atoms with Crippen LogP contribution < -0.4 is 31.8 Å². The normalized spacial score (nSPS) is 16.1. The van der Waals surface area contributed by atoms with E-state index in [2.05, 4.69) is 32.7 Å². The van der Waals surface area contributed by atoms with Crippen LogP contribution in [-0.4, -0.2) is 0 Å². The van der Waals surface area contributed by atoms with Gasteiger partial charge in [0, 0.05) is 31.8 Å². The van der Waals surface area contributed by atoms with Crippen molar-refractivity contribution < 1.29 is 0 Å². The number of rotatable bonds is 6. The van der Waals surface area contributed by atoms with Crippen molar-refractivity contribution in [2.75, 3.05) is 0 Å². The molecule has 1 heterocycles.